The molecule has 0 unspecified atom stereocenters. The molecule has 1 aliphatic rings. The number of aromatic hydroxyl groups is 2. The molecule has 0 bridgehead atoms. The van der Waals surface area contributed by atoms with E-state index in [1.807, 2.05) is 0 Å². The van der Waals surface area contributed by atoms with Crippen LogP contribution in [0.15, 0.2) is 12.1 Å². The second kappa shape index (κ2) is 5.03. The Morgan fingerprint density at radius 2 is 1.75 bits per heavy atom. The maximum absolute atomic E-state index is 11.6. The molecule has 1 fully saturated rings. The Balaban J connectivity index is 2.61. The molecule has 3 N–H and O–H groups in total. The Morgan fingerprint density at radius 1 is 1.15 bits per heavy atom. The molecule has 0 radical (unpaired) electrons. The quantitative estimate of drug-likeness (QED) is 0.729. The van der Waals surface area contributed by atoms with Gasteiger partial charge in [0.25, 0.3) is 0 Å². The smallest absolute Gasteiger partial charge is 0.341 e. The van der Waals surface area contributed by atoms with Crippen molar-refractivity contribution >= 4 is 11.9 Å². The van der Waals surface area contributed by atoms with Crippen LogP contribution >= 0.6 is 0 Å². The van der Waals surface area contributed by atoms with Crippen LogP contribution in [0.1, 0.15) is 41.6 Å². The highest BCUT2D eigenvalue weighted by Gasteiger charge is 2.45. The number of phenols is 2. The molecular weight excluding hydrogens is 264 g/mol. The number of methoxy groups -OCH3 is 1. The van der Waals surface area contributed by atoms with Gasteiger partial charge in [0.2, 0.25) is 0 Å². The van der Waals surface area contributed by atoms with Crippen molar-refractivity contribution in [2.75, 3.05) is 7.11 Å². The van der Waals surface area contributed by atoms with Crippen LogP contribution in [0.5, 0.6) is 11.5 Å². The zero-order valence-corrected chi connectivity index (χ0v) is 11.0. The predicted molar refractivity (Wildman–Crippen MR) is 68.9 cm³/mol. The van der Waals surface area contributed by atoms with Crippen molar-refractivity contribution in [1.29, 1.82) is 0 Å². The van der Waals surface area contributed by atoms with E-state index < -0.39 is 23.1 Å². The zero-order valence-electron chi connectivity index (χ0n) is 11.0. The average molecular weight is 280 g/mol. The molecule has 6 heteroatoms. The first-order valence-electron chi connectivity index (χ1n) is 6.30. The van der Waals surface area contributed by atoms with E-state index in [0.29, 0.717) is 12.8 Å². The first-order valence-corrected chi connectivity index (χ1v) is 6.30. The number of esters is 1. The number of hydrogen-bond donors (Lipinski definition) is 3. The van der Waals surface area contributed by atoms with Gasteiger partial charge in [-0.15, -0.1) is 0 Å². The number of ether oxygens (including phenoxy) is 1. The van der Waals surface area contributed by atoms with Crippen molar-refractivity contribution in [1.82, 2.24) is 0 Å². The fourth-order valence-corrected chi connectivity index (χ4v) is 2.81. The van der Waals surface area contributed by atoms with Gasteiger partial charge in [0, 0.05) is 11.6 Å². The molecule has 0 heterocycles. The summed E-state index contributed by atoms with van der Waals surface area (Å²) in [6.45, 7) is 0. The van der Waals surface area contributed by atoms with E-state index in [-0.39, 0.29) is 16.9 Å². The van der Waals surface area contributed by atoms with E-state index in [9.17, 15) is 24.9 Å². The van der Waals surface area contributed by atoms with Crippen LogP contribution in [-0.4, -0.2) is 34.4 Å². The lowest BCUT2D eigenvalue weighted by Gasteiger charge is -2.25. The SMILES string of the molecule is COC(=O)c1cc(C2(C(=O)O)CCCC2)c(O)cc1O. The van der Waals surface area contributed by atoms with Crippen molar-refractivity contribution in [2.24, 2.45) is 0 Å². The van der Waals surface area contributed by atoms with Crippen molar-refractivity contribution < 1.29 is 29.6 Å². The van der Waals surface area contributed by atoms with Gasteiger partial charge in [-0.25, -0.2) is 4.79 Å². The summed E-state index contributed by atoms with van der Waals surface area (Å²) < 4.78 is 4.54. The van der Waals surface area contributed by atoms with Crippen molar-refractivity contribution in [3.63, 3.8) is 0 Å². The number of phenolic OH excluding ortho intramolecular Hbond substituents is 2. The fraction of sp³-hybridized carbons (Fsp3) is 0.429. The van der Waals surface area contributed by atoms with E-state index in [2.05, 4.69) is 4.74 Å². The van der Waals surface area contributed by atoms with Crippen molar-refractivity contribution in [3.05, 3.63) is 23.3 Å². The summed E-state index contributed by atoms with van der Waals surface area (Å²) in [7, 11) is 1.16. The highest BCUT2D eigenvalue weighted by molar-refractivity contribution is 5.94. The van der Waals surface area contributed by atoms with Crippen LogP contribution in [0, 0.1) is 0 Å². The van der Waals surface area contributed by atoms with Crippen molar-refractivity contribution in [3.8, 4) is 11.5 Å². The molecule has 0 aromatic heterocycles. The zero-order chi connectivity index (χ0) is 14.9. The first kappa shape index (κ1) is 14.2. The van der Waals surface area contributed by atoms with Gasteiger partial charge in [-0.3, -0.25) is 4.79 Å². The van der Waals surface area contributed by atoms with E-state index >= 15 is 0 Å². The molecule has 20 heavy (non-hydrogen) atoms. The van der Waals surface area contributed by atoms with Crippen LogP contribution in [0.4, 0.5) is 0 Å². The molecule has 1 saturated carbocycles. The summed E-state index contributed by atoms with van der Waals surface area (Å²) in [4.78, 5) is 23.2. The Hall–Kier alpha value is -2.24. The number of benzene rings is 1. The Morgan fingerprint density at radius 3 is 2.25 bits per heavy atom. The Bertz CT molecular complexity index is 557. The molecule has 0 aliphatic heterocycles. The predicted octanol–water partition coefficient (Wildman–Crippen LogP) is 1.78. The van der Waals surface area contributed by atoms with Crippen LogP contribution < -0.4 is 0 Å². The number of aliphatic carboxylic acids is 1. The minimum Gasteiger partial charge on any atom is -0.507 e. The molecule has 1 aromatic carbocycles. The van der Waals surface area contributed by atoms with E-state index in [4.69, 9.17) is 0 Å². The van der Waals surface area contributed by atoms with Crippen LogP contribution in [0.25, 0.3) is 0 Å². The molecule has 2 rings (SSSR count). The van der Waals surface area contributed by atoms with E-state index in [1.165, 1.54) is 6.07 Å². The lowest BCUT2D eigenvalue weighted by atomic mass is 9.77. The second-order valence-electron chi connectivity index (χ2n) is 4.97. The summed E-state index contributed by atoms with van der Waals surface area (Å²) in [5.74, 6) is -2.56. The van der Waals surface area contributed by atoms with Crippen LogP contribution in [0.2, 0.25) is 0 Å². The molecular formula is C14H16O6. The Labute approximate surface area is 115 Å². The van der Waals surface area contributed by atoms with Gasteiger partial charge in [0.15, 0.2) is 0 Å². The molecule has 0 saturated heterocycles. The van der Waals surface area contributed by atoms with Gasteiger partial charge in [0.1, 0.15) is 17.1 Å². The van der Waals surface area contributed by atoms with Gasteiger partial charge in [-0.1, -0.05) is 12.8 Å². The summed E-state index contributed by atoms with van der Waals surface area (Å²) in [5, 5.41) is 29.2. The Kier molecular flexibility index (Phi) is 3.57. The number of carbonyl (C=O) groups is 2. The lowest BCUT2D eigenvalue weighted by Crippen LogP contribution is -2.33. The number of rotatable bonds is 3. The minimum absolute atomic E-state index is 0.146. The number of hydrogen-bond acceptors (Lipinski definition) is 5. The molecule has 1 aliphatic carbocycles. The van der Waals surface area contributed by atoms with Gasteiger partial charge in [0.05, 0.1) is 12.5 Å². The maximum atomic E-state index is 11.6. The minimum atomic E-state index is -1.21. The third-order valence-electron chi connectivity index (χ3n) is 3.90. The first-order chi connectivity index (χ1) is 9.42. The molecule has 0 atom stereocenters. The molecule has 0 spiro atoms. The highest BCUT2D eigenvalue weighted by atomic mass is 16.5. The fourth-order valence-electron chi connectivity index (χ4n) is 2.81. The third kappa shape index (κ3) is 2.07. The highest BCUT2D eigenvalue weighted by Crippen LogP contribution is 2.46. The normalized spacial score (nSPS) is 16.9. The molecule has 6 nitrogen and oxygen atoms in total. The molecule has 108 valence electrons. The van der Waals surface area contributed by atoms with Gasteiger partial charge in [-0.05, 0) is 18.9 Å². The molecule has 0 amide bonds. The summed E-state index contributed by atoms with van der Waals surface area (Å²) >= 11 is 0. The maximum Gasteiger partial charge on any atom is 0.341 e. The average Bonchev–Trinajstić information content (AvgIpc) is 2.88. The number of carboxylic acids is 1. The lowest BCUT2D eigenvalue weighted by molar-refractivity contribution is -0.143. The molecule has 1 aromatic rings. The topological polar surface area (TPSA) is 104 Å². The third-order valence-corrected chi connectivity index (χ3v) is 3.90. The van der Waals surface area contributed by atoms with Gasteiger partial charge < -0.3 is 20.1 Å². The number of carboxylic acid groups (broad SMARTS) is 1. The number of carbonyl (C=O) groups excluding carboxylic acids is 1. The largest absolute Gasteiger partial charge is 0.507 e. The second-order valence-corrected chi connectivity index (χ2v) is 4.97. The van der Waals surface area contributed by atoms with Gasteiger partial charge in [-0.2, -0.15) is 0 Å². The monoisotopic (exact) mass is 280 g/mol. The standard InChI is InChI=1S/C14H16O6/c1-20-12(17)8-6-9(11(16)7-10(8)15)14(13(18)19)4-2-3-5-14/h6-7,15-16H,2-5H2,1H3,(H,18,19). The van der Waals surface area contributed by atoms with E-state index in [1.54, 1.807) is 0 Å². The van der Waals surface area contributed by atoms with Gasteiger partial charge >= 0.3 is 11.9 Å². The summed E-state index contributed by atoms with van der Waals surface area (Å²) in [6.07, 6.45) is 2.25. The van der Waals surface area contributed by atoms with Crippen LogP contribution in [0.3, 0.4) is 0 Å². The van der Waals surface area contributed by atoms with Crippen molar-refractivity contribution in [2.45, 2.75) is 31.1 Å². The summed E-state index contributed by atoms with van der Waals surface area (Å²) in [5.41, 5.74) is -1.20. The van der Waals surface area contributed by atoms with Crippen LogP contribution in [-0.2, 0) is 14.9 Å². The summed E-state index contributed by atoms with van der Waals surface area (Å²) in [6, 6.07) is 2.21. The van der Waals surface area contributed by atoms with E-state index in [0.717, 1.165) is 26.0 Å².